The largest absolute Gasteiger partial charge is 0.497 e. The van der Waals surface area contributed by atoms with Crippen molar-refractivity contribution in [2.24, 2.45) is 5.92 Å². The number of likely N-dealkylation sites (tertiary alicyclic amines) is 1. The summed E-state index contributed by atoms with van der Waals surface area (Å²) in [7, 11) is 1.61. The second-order valence-corrected chi connectivity index (χ2v) is 9.67. The third-order valence-electron chi connectivity index (χ3n) is 7.38. The lowest BCUT2D eigenvalue weighted by Crippen LogP contribution is -2.48. The van der Waals surface area contributed by atoms with Crippen LogP contribution in [0.2, 0.25) is 0 Å². The summed E-state index contributed by atoms with van der Waals surface area (Å²) in [5.41, 5.74) is 2.99. The van der Waals surface area contributed by atoms with E-state index in [0.29, 0.717) is 40.7 Å². The minimum atomic E-state index is -0.0767. The van der Waals surface area contributed by atoms with Gasteiger partial charge in [0.1, 0.15) is 30.0 Å². The topological polar surface area (TPSA) is 73.9 Å². The zero-order chi connectivity index (χ0) is 24.6. The molecule has 7 heteroatoms. The van der Waals surface area contributed by atoms with E-state index in [1.165, 1.54) is 6.26 Å². The molecule has 0 spiro atoms. The number of fused-ring (bicyclic) bond motifs is 5. The van der Waals surface area contributed by atoms with Gasteiger partial charge in [-0.25, -0.2) is 0 Å². The predicted octanol–water partition coefficient (Wildman–Crippen LogP) is 4.13. The van der Waals surface area contributed by atoms with Gasteiger partial charge in [0.2, 0.25) is 0 Å². The second-order valence-electron chi connectivity index (χ2n) is 9.67. The molecule has 4 heterocycles. The first-order valence-corrected chi connectivity index (χ1v) is 12.3. The Labute approximate surface area is 208 Å². The summed E-state index contributed by atoms with van der Waals surface area (Å²) in [6.45, 7) is 4.06. The summed E-state index contributed by atoms with van der Waals surface area (Å²) in [6, 6.07) is 18.3. The fourth-order valence-electron chi connectivity index (χ4n) is 5.64. The van der Waals surface area contributed by atoms with Crippen molar-refractivity contribution in [2.45, 2.75) is 18.9 Å². The van der Waals surface area contributed by atoms with Gasteiger partial charge in [-0.1, -0.05) is 18.2 Å². The number of hydrogen-bond acceptors (Lipinski definition) is 6. The normalized spacial score (nSPS) is 19.1. The van der Waals surface area contributed by atoms with Gasteiger partial charge in [0.25, 0.3) is 5.56 Å². The number of pyridine rings is 1. The molecule has 2 aromatic carbocycles. The van der Waals surface area contributed by atoms with Crippen LogP contribution in [0, 0.1) is 5.92 Å². The maximum Gasteiger partial charge on any atom is 0.250 e. The van der Waals surface area contributed by atoms with Crippen molar-refractivity contribution in [1.82, 2.24) is 9.47 Å². The minimum Gasteiger partial charge on any atom is -0.497 e. The standard InChI is InChI=1S/C29H28N2O5/c1-34-22-7-5-20(6-8-22)25-18-36-27-14-23(9-10-24(27)29(25)33)35-12-11-30-15-19-13-21(17-30)26-3-2-4-28(32)31(26)16-19/h2-10,14,18-19,21H,11-13,15-17H2,1H3. The molecule has 6 rings (SSSR count). The lowest BCUT2D eigenvalue weighted by Gasteiger charge is -2.42. The Morgan fingerprint density at radius 2 is 1.81 bits per heavy atom. The van der Waals surface area contributed by atoms with Gasteiger partial charge in [0.15, 0.2) is 5.43 Å². The van der Waals surface area contributed by atoms with Crippen LogP contribution in [0.25, 0.3) is 22.1 Å². The van der Waals surface area contributed by atoms with Crippen LogP contribution in [0.1, 0.15) is 18.0 Å². The number of rotatable bonds is 6. The molecule has 2 aliphatic heterocycles. The fraction of sp³-hybridized carbons (Fsp3) is 0.310. The van der Waals surface area contributed by atoms with Crippen molar-refractivity contribution < 1.29 is 13.9 Å². The molecule has 0 N–H and O–H groups in total. The molecule has 2 unspecified atom stereocenters. The monoisotopic (exact) mass is 484 g/mol. The SMILES string of the molecule is COc1ccc(-c2coc3cc(OCCN4CC5CC(C4)c4cccc(=O)n4C5)ccc3c2=O)cc1. The van der Waals surface area contributed by atoms with Gasteiger partial charge in [-0.3, -0.25) is 14.5 Å². The van der Waals surface area contributed by atoms with Crippen LogP contribution < -0.4 is 20.5 Å². The van der Waals surface area contributed by atoms with Crippen LogP contribution in [0.4, 0.5) is 0 Å². The maximum atomic E-state index is 13.1. The van der Waals surface area contributed by atoms with Gasteiger partial charge < -0.3 is 18.5 Å². The molecule has 0 saturated carbocycles. The highest BCUT2D eigenvalue weighted by Gasteiger charge is 2.34. The van der Waals surface area contributed by atoms with Gasteiger partial charge >= 0.3 is 0 Å². The maximum absolute atomic E-state index is 13.1. The quantitative estimate of drug-likeness (QED) is 0.410. The van der Waals surface area contributed by atoms with E-state index >= 15 is 0 Å². The molecule has 4 aromatic rings. The van der Waals surface area contributed by atoms with Crippen LogP contribution in [-0.2, 0) is 6.54 Å². The van der Waals surface area contributed by atoms with E-state index in [2.05, 4.69) is 11.0 Å². The second kappa shape index (κ2) is 9.32. The van der Waals surface area contributed by atoms with Crippen molar-refractivity contribution in [1.29, 1.82) is 0 Å². The summed E-state index contributed by atoms with van der Waals surface area (Å²) in [6.07, 6.45) is 2.65. The molecule has 0 radical (unpaired) electrons. The number of piperidine rings is 1. The molecule has 1 fully saturated rings. The first-order chi connectivity index (χ1) is 17.6. The van der Waals surface area contributed by atoms with Crippen LogP contribution in [0.5, 0.6) is 11.5 Å². The van der Waals surface area contributed by atoms with Gasteiger partial charge in [0, 0.05) is 49.9 Å². The Kier molecular flexibility index (Phi) is 5.85. The molecule has 0 aliphatic carbocycles. The third kappa shape index (κ3) is 4.20. The summed E-state index contributed by atoms with van der Waals surface area (Å²) in [4.78, 5) is 27.7. The van der Waals surface area contributed by atoms with E-state index < -0.39 is 0 Å². The predicted molar refractivity (Wildman–Crippen MR) is 138 cm³/mol. The summed E-state index contributed by atoms with van der Waals surface area (Å²) in [5, 5.41) is 0.522. The highest BCUT2D eigenvalue weighted by Crippen LogP contribution is 2.34. The molecule has 0 amide bonds. The number of methoxy groups -OCH3 is 1. The third-order valence-corrected chi connectivity index (χ3v) is 7.38. The smallest absolute Gasteiger partial charge is 0.250 e. The van der Waals surface area contributed by atoms with E-state index in [4.69, 9.17) is 13.9 Å². The Balaban J connectivity index is 1.12. The zero-order valence-corrected chi connectivity index (χ0v) is 20.2. The van der Waals surface area contributed by atoms with Crippen molar-refractivity contribution in [2.75, 3.05) is 33.4 Å². The Morgan fingerprint density at radius 3 is 2.64 bits per heavy atom. The van der Waals surface area contributed by atoms with Gasteiger partial charge in [0.05, 0.1) is 18.1 Å². The highest BCUT2D eigenvalue weighted by molar-refractivity contribution is 5.82. The summed E-state index contributed by atoms with van der Waals surface area (Å²) >= 11 is 0. The lowest BCUT2D eigenvalue weighted by atomic mass is 9.83. The van der Waals surface area contributed by atoms with Crippen molar-refractivity contribution in [3.05, 3.63) is 93.2 Å². The van der Waals surface area contributed by atoms with Crippen molar-refractivity contribution in [3.63, 3.8) is 0 Å². The van der Waals surface area contributed by atoms with Crippen LogP contribution in [-0.4, -0.2) is 42.8 Å². The highest BCUT2D eigenvalue weighted by atomic mass is 16.5. The Bertz CT molecular complexity index is 1520. The van der Waals surface area contributed by atoms with Gasteiger partial charge in [-0.2, -0.15) is 0 Å². The molecule has 2 atom stereocenters. The van der Waals surface area contributed by atoms with E-state index in [-0.39, 0.29) is 11.0 Å². The number of aromatic nitrogens is 1. The van der Waals surface area contributed by atoms with Crippen LogP contribution in [0.15, 0.2) is 80.9 Å². The molecule has 2 aromatic heterocycles. The first-order valence-electron chi connectivity index (χ1n) is 12.3. The van der Waals surface area contributed by atoms with Gasteiger partial charge in [-0.15, -0.1) is 0 Å². The van der Waals surface area contributed by atoms with E-state index in [9.17, 15) is 9.59 Å². The molecule has 36 heavy (non-hydrogen) atoms. The Morgan fingerprint density at radius 1 is 0.972 bits per heavy atom. The average Bonchev–Trinajstić information content (AvgIpc) is 2.90. The summed E-state index contributed by atoms with van der Waals surface area (Å²) < 4.78 is 19.0. The number of benzene rings is 2. The van der Waals surface area contributed by atoms with Crippen LogP contribution >= 0.6 is 0 Å². The average molecular weight is 485 g/mol. The van der Waals surface area contributed by atoms with Crippen molar-refractivity contribution >= 4 is 11.0 Å². The lowest BCUT2D eigenvalue weighted by molar-refractivity contribution is 0.104. The summed E-state index contributed by atoms with van der Waals surface area (Å²) in [5.74, 6) is 2.29. The molecule has 2 bridgehead atoms. The number of ether oxygens (including phenoxy) is 2. The van der Waals surface area contributed by atoms with E-state index in [0.717, 1.165) is 49.6 Å². The molecule has 184 valence electrons. The minimum absolute atomic E-state index is 0.0767. The first kappa shape index (κ1) is 22.6. The Hall–Kier alpha value is -3.84. The fourth-order valence-corrected chi connectivity index (χ4v) is 5.64. The van der Waals surface area contributed by atoms with Gasteiger partial charge in [-0.05, 0) is 48.2 Å². The van der Waals surface area contributed by atoms with E-state index in [1.807, 2.05) is 41.0 Å². The number of hydrogen-bond donors (Lipinski definition) is 0. The van der Waals surface area contributed by atoms with Crippen molar-refractivity contribution in [3.8, 4) is 22.6 Å². The van der Waals surface area contributed by atoms with E-state index in [1.54, 1.807) is 25.3 Å². The molecule has 7 nitrogen and oxygen atoms in total. The molecular weight excluding hydrogens is 456 g/mol. The molecule has 1 saturated heterocycles. The van der Waals surface area contributed by atoms with Crippen LogP contribution in [0.3, 0.4) is 0 Å². The zero-order valence-electron chi connectivity index (χ0n) is 20.2. The molecule has 2 aliphatic rings. The molecular formula is C29H28N2O5. The number of nitrogens with zero attached hydrogens (tertiary/aromatic N) is 2.